The summed E-state index contributed by atoms with van der Waals surface area (Å²) in [6, 6.07) is 6.00. The minimum absolute atomic E-state index is 0.260. The number of rotatable bonds is 6. The maximum atomic E-state index is 12.2. The third-order valence-electron chi connectivity index (χ3n) is 2.76. The fourth-order valence-electron chi connectivity index (χ4n) is 1.70. The van der Waals surface area contributed by atoms with Crippen molar-refractivity contribution in [3.8, 4) is 0 Å². The number of hydrogen-bond donors (Lipinski definition) is 2. The summed E-state index contributed by atoms with van der Waals surface area (Å²) < 4.78 is 24.9. The van der Waals surface area contributed by atoms with Gasteiger partial charge in [-0.3, -0.25) is 0 Å². The summed E-state index contributed by atoms with van der Waals surface area (Å²) in [4.78, 5) is 2.70. The molecule has 1 saturated carbocycles. The number of hydrazine groups is 1. The smallest absolute Gasteiger partial charge is 0.254 e. The van der Waals surface area contributed by atoms with Gasteiger partial charge in [0.1, 0.15) is 0 Å². The molecule has 0 bridgehead atoms. The van der Waals surface area contributed by atoms with Gasteiger partial charge in [0, 0.05) is 31.2 Å². The fourth-order valence-corrected chi connectivity index (χ4v) is 3.80. The maximum absolute atomic E-state index is 12.2. The first kappa shape index (κ1) is 14.9. The van der Waals surface area contributed by atoms with Gasteiger partial charge < -0.3 is 5.32 Å². The summed E-state index contributed by atoms with van der Waals surface area (Å²) in [6.07, 6.45) is 2.42. The first-order valence-corrected chi connectivity index (χ1v) is 8.38. The largest absolute Gasteiger partial charge is 0.310 e. The quantitative estimate of drug-likeness (QED) is 0.764. The maximum Gasteiger partial charge on any atom is 0.254 e. The van der Waals surface area contributed by atoms with Crippen LogP contribution in [-0.2, 0) is 16.6 Å². The van der Waals surface area contributed by atoms with Gasteiger partial charge in [0.2, 0.25) is 0 Å². The number of nitrogens with one attached hydrogen (secondary N) is 2. The van der Waals surface area contributed by atoms with E-state index < -0.39 is 10.0 Å². The highest BCUT2D eigenvalue weighted by atomic mass is 79.9. The Morgan fingerprint density at radius 2 is 2.05 bits per heavy atom. The third kappa shape index (κ3) is 4.25. The summed E-state index contributed by atoms with van der Waals surface area (Å²) in [6.45, 7) is 0.697. The lowest BCUT2D eigenvalue weighted by molar-refractivity contribution is 0.364. The number of nitrogens with zero attached hydrogens (tertiary/aromatic N) is 1. The summed E-state index contributed by atoms with van der Waals surface area (Å²) in [7, 11) is -0.249. The van der Waals surface area contributed by atoms with Crippen LogP contribution in [0.1, 0.15) is 18.4 Å². The second kappa shape index (κ2) is 5.88. The molecule has 0 aliphatic heterocycles. The van der Waals surface area contributed by atoms with E-state index in [0.717, 1.165) is 5.56 Å². The SMILES string of the molecule is CN(C)NS(=O)(=O)c1cc(CNC2CC2)ccc1Br. The summed E-state index contributed by atoms with van der Waals surface area (Å²) >= 11 is 3.29. The molecule has 0 heterocycles. The van der Waals surface area contributed by atoms with Crippen LogP contribution in [0.25, 0.3) is 0 Å². The van der Waals surface area contributed by atoms with E-state index >= 15 is 0 Å². The van der Waals surface area contributed by atoms with Crippen molar-refractivity contribution in [3.05, 3.63) is 28.2 Å². The second-order valence-electron chi connectivity index (χ2n) is 4.91. The zero-order chi connectivity index (χ0) is 14.0. The molecule has 1 aromatic rings. The Balaban J connectivity index is 2.20. The van der Waals surface area contributed by atoms with Gasteiger partial charge in [0.15, 0.2) is 0 Å². The molecular formula is C12H18BrN3O2S. The molecule has 7 heteroatoms. The van der Waals surface area contributed by atoms with E-state index in [1.807, 2.05) is 6.07 Å². The van der Waals surface area contributed by atoms with Gasteiger partial charge in [-0.1, -0.05) is 6.07 Å². The third-order valence-corrected chi connectivity index (χ3v) is 5.24. The van der Waals surface area contributed by atoms with Gasteiger partial charge in [-0.2, -0.15) is 0 Å². The molecule has 1 aliphatic carbocycles. The molecule has 106 valence electrons. The van der Waals surface area contributed by atoms with Gasteiger partial charge in [-0.25, -0.2) is 13.4 Å². The number of halogens is 1. The number of sulfonamides is 1. The monoisotopic (exact) mass is 347 g/mol. The minimum Gasteiger partial charge on any atom is -0.310 e. The molecule has 0 aromatic heterocycles. The van der Waals surface area contributed by atoms with Crippen molar-refractivity contribution in [2.24, 2.45) is 0 Å². The van der Waals surface area contributed by atoms with Crippen LogP contribution in [-0.4, -0.2) is 33.6 Å². The van der Waals surface area contributed by atoms with Crippen LogP contribution in [0.5, 0.6) is 0 Å². The fraction of sp³-hybridized carbons (Fsp3) is 0.500. The van der Waals surface area contributed by atoms with Crippen molar-refractivity contribution >= 4 is 26.0 Å². The van der Waals surface area contributed by atoms with Gasteiger partial charge in [-0.05, 0) is 46.5 Å². The molecule has 1 aliphatic rings. The van der Waals surface area contributed by atoms with Crippen LogP contribution >= 0.6 is 15.9 Å². The Bertz CT molecular complexity index is 556. The van der Waals surface area contributed by atoms with E-state index in [9.17, 15) is 8.42 Å². The van der Waals surface area contributed by atoms with Crippen molar-refractivity contribution in [1.82, 2.24) is 15.2 Å². The van der Waals surface area contributed by atoms with Crippen LogP contribution in [0.4, 0.5) is 0 Å². The van der Waals surface area contributed by atoms with Gasteiger partial charge in [0.05, 0.1) is 4.90 Å². The van der Waals surface area contributed by atoms with Crippen molar-refractivity contribution in [2.45, 2.75) is 30.3 Å². The Kier molecular flexibility index (Phi) is 4.62. The molecule has 0 spiro atoms. The van der Waals surface area contributed by atoms with Gasteiger partial charge in [-0.15, -0.1) is 4.83 Å². The predicted octanol–water partition coefficient (Wildman–Crippen LogP) is 1.46. The molecule has 1 aromatic carbocycles. The first-order valence-electron chi connectivity index (χ1n) is 6.10. The lowest BCUT2D eigenvalue weighted by atomic mass is 10.2. The van der Waals surface area contributed by atoms with E-state index in [0.29, 0.717) is 17.1 Å². The molecular weight excluding hydrogens is 330 g/mol. The topological polar surface area (TPSA) is 61.4 Å². The highest BCUT2D eigenvalue weighted by Gasteiger charge is 2.21. The van der Waals surface area contributed by atoms with Gasteiger partial charge >= 0.3 is 0 Å². The zero-order valence-electron chi connectivity index (χ0n) is 11.0. The number of hydrogen-bond acceptors (Lipinski definition) is 4. The van der Waals surface area contributed by atoms with Crippen molar-refractivity contribution in [1.29, 1.82) is 0 Å². The molecule has 0 saturated heterocycles. The summed E-state index contributed by atoms with van der Waals surface area (Å²) in [5, 5.41) is 4.78. The highest BCUT2D eigenvalue weighted by Crippen LogP contribution is 2.24. The van der Waals surface area contributed by atoms with E-state index in [1.165, 1.54) is 17.9 Å². The molecule has 19 heavy (non-hydrogen) atoms. The molecule has 0 atom stereocenters. The van der Waals surface area contributed by atoms with E-state index in [-0.39, 0.29) is 4.90 Å². The second-order valence-corrected chi connectivity index (χ2v) is 7.39. The predicted molar refractivity (Wildman–Crippen MR) is 78.0 cm³/mol. The minimum atomic E-state index is -3.53. The Morgan fingerprint density at radius 1 is 1.37 bits per heavy atom. The van der Waals surface area contributed by atoms with Crippen LogP contribution < -0.4 is 10.1 Å². The molecule has 0 amide bonds. The lowest BCUT2D eigenvalue weighted by Crippen LogP contribution is -2.36. The van der Waals surface area contributed by atoms with Crippen molar-refractivity contribution in [2.75, 3.05) is 14.1 Å². The average molecular weight is 348 g/mol. The van der Waals surface area contributed by atoms with Crippen LogP contribution in [0.15, 0.2) is 27.6 Å². The Morgan fingerprint density at radius 3 is 2.63 bits per heavy atom. The first-order chi connectivity index (χ1) is 8.88. The number of benzene rings is 1. The Hall–Kier alpha value is -0.470. The van der Waals surface area contributed by atoms with E-state index in [2.05, 4.69) is 26.1 Å². The van der Waals surface area contributed by atoms with E-state index in [4.69, 9.17) is 0 Å². The lowest BCUT2D eigenvalue weighted by Gasteiger charge is -2.14. The van der Waals surface area contributed by atoms with Crippen LogP contribution in [0.2, 0.25) is 0 Å². The molecule has 2 rings (SSSR count). The molecule has 1 fully saturated rings. The standard InChI is InChI=1S/C12H18BrN3O2S/c1-16(2)15-19(17,18)12-7-9(3-6-11(12)13)8-14-10-4-5-10/h3,6-7,10,14-15H,4-5,8H2,1-2H3. The van der Waals surface area contributed by atoms with E-state index in [1.54, 1.807) is 26.2 Å². The molecule has 5 nitrogen and oxygen atoms in total. The average Bonchev–Trinajstić information content (AvgIpc) is 3.09. The summed E-state index contributed by atoms with van der Waals surface area (Å²) in [5.74, 6) is 0. The highest BCUT2D eigenvalue weighted by molar-refractivity contribution is 9.10. The van der Waals surface area contributed by atoms with Crippen molar-refractivity contribution in [3.63, 3.8) is 0 Å². The Labute approximate surface area is 122 Å². The van der Waals surface area contributed by atoms with Gasteiger partial charge in [0.25, 0.3) is 10.0 Å². The molecule has 0 radical (unpaired) electrons. The molecule has 2 N–H and O–H groups in total. The van der Waals surface area contributed by atoms with Crippen LogP contribution in [0, 0.1) is 0 Å². The zero-order valence-corrected chi connectivity index (χ0v) is 13.4. The normalized spacial score (nSPS) is 16.0. The summed E-state index contributed by atoms with van der Waals surface area (Å²) in [5.41, 5.74) is 0.967. The molecule has 0 unspecified atom stereocenters. The van der Waals surface area contributed by atoms with Crippen LogP contribution in [0.3, 0.4) is 0 Å². The van der Waals surface area contributed by atoms with Crippen molar-refractivity contribution < 1.29 is 8.42 Å².